The summed E-state index contributed by atoms with van der Waals surface area (Å²) in [7, 11) is 1.72. The minimum Gasteiger partial charge on any atom is -0.480 e. The molecule has 110 valence electrons. The molecule has 2 amide bonds. The maximum atomic E-state index is 12.1. The summed E-state index contributed by atoms with van der Waals surface area (Å²) in [5.41, 5.74) is -1.06. The van der Waals surface area contributed by atoms with Crippen LogP contribution in [0.1, 0.15) is 52.4 Å². The van der Waals surface area contributed by atoms with Crippen molar-refractivity contribution in [2.45, 2.75) is 57.9 Å². The molecule has 19 heavy (non-hydrogen) atoms. The van der Waals surface area contributed by atoms with Gasteiger partial charge in [-0.3, -0.25) is 0 Å². The van der Waals surface area contributed by atoms with Crippen molar-refractivity contribution in [2.75, 3.05) is 13.6 Å². The van der Waals surface area contributed by atoms with E-state index in [1.165, 1.54) is 0 Å². The molecule has 0 radical (unpaired) electrons. The second kappa shape index (κ2) is 6.78. The van der Waals surface area contributed by atoms with Gasteiger partial charge >= 0.3 is 12.0 Å². The van der Waals surface area contributed by atoms with Gasteiger partial charge in [0, 0.05) is 13.6 Å². The zero-order valence-corrected chi connectivity index (χ0v) is 12.2. The number of carboxylic acids is 1. The van der Waals surface area contributed by atoms with E-state index in [4.69, 9.17) is 0 Å². The maximum Gasteiger partial charge on any atom is 0.329 e. The Hall–Kier alpha value is -1.26. The molecule has 5 nitrogen and oxygen atoms in total. The van der Waals surface area contributed by atoms with Gasteiger partial charge in [0.1, 0.15) is 5.54 Å². The molecule has 1 unspecified atom stereocenters. The number of aliphatic carboxylic acids is 1. The van der Waals surface area contributed by atoms with Crippen LogP contribution in [0.4, 0.5) is 4.79 Å². The molecule has 0 aromatic heterocycles. The van der Waals surface area contributed by atoms with Gasteiger partial charge in [-0.15, -0.1) is 0 Å². The Labute approximate surface area is 115 Å². The van der Waals surface area contributed by atoms with Crippen LogP contribution in [0.3, 0.4) is 0 Å². The molecule has 1 saturated carbocycles. The van der Waals surface area contributed by atoms with Crippen LogP contribution in [-0.4, -0.2) is 41.1 Å². The monoisotopic (exact) mass is 270 g/mol. The van der Waals surface area contributed by atoms with Gasteiger partial charge in [-0.2, -0.15) is 0 Å². The SMILES string of the molecule is CCC(C)CN(C)C(=O)NC1(C(=O)O)CCCCC1. The summed E-state index contributed by atoms with van der Waals surface area (Å²) in [5.74, 6) is -0.486. The standard InChI is InChI=1S/C14H26N2O3/c1-4-11(2)10-16(3)13(19)15-14(12(17)18)8-6-5-7-9-14/h11H,4-10H2,1-3H3,(H,15,19)(H,17,18). The van der Waals surface area contributed by atoms with Crippen LogP contribution in [-0.2, 0) is 4.79 Å². The molecule has 0 spiro atoms. The fourth-order valence-electron chi connectivity index (χ4n) is 2.53. The van der Waals surface area contributed by atoms with E-state index in [-0.39, 0.29) is 6.03 Å². The highest BCUT2D eigenvalue weighted by Gasteiger charge is 2.41. The summed E-state index contributed by atoms with van der Waals surface area (Å²) in [6.07, 6.45) is 4.84. The normalized spacial score (nSPS) is 19.5. The average molecular weight is 270 g/mol. The number of nitrogens with one attached hydrogen (secondary N) is 1. The number of rotatable bonds is 5. The first-order valence-corrected chi connectivity index (χ1v) is 7.18. The van der Waals surface area contributed by atoms with Crippen molar-refractivity contribution in [3.63, 3.8) is 0 Å². The first kappa shape index (κ1) is 15.8. The quantitative estimate of drug-likeness (QED) is 0.806. The highest BCUT2D eigenvalue weighted by atomic mass is 16.4. The number of carboxylic acid groups (broad SMARTS) is 1. The number of carbonyl (C=O) groups excluding carboxylic acids is 1. The van der Waals surface area contributed by atoms with Gasteiger partial charge in [0.25, 0.3) is 0 Å². The molecule has 5 heteroatoms. The van der Waals surface area contributed by atoms with E-state index in [0.717, 1.165) is 25.7 Å². The highest BCUT2D eigenvalue weighted by molar-refractivity contribution is 5.86. The molecule has 1 rings (SSSR count). The molecule has 0 aliphatic heterocycles. The van der Waals surface area contributed by atoms with Crippen LogP contribution >= 0.6 is 0 Å². The minimum atomic E-state index is -1.06. The van der Waals surface area contributed by atoms with Crippen molar-refractivity contribution >= 4 is 12.0 Å². The summed E-state index contributed by atoms with van der Waals surface area (Å²) in [6, 6.07) is -0.274. The lowest BCUT2D eigenvalue weighted by Gasteiger charge is -2.35. The second-order valence-electron chi connectivity index (χ2n) is 5.77. The number of amides is 2. The first-order valence-electron chi connectivity index (χ1n) is 7.18. The first-order chi connectivity index (χ1) is 8.91. The topological polar surface area (TPSA) is 69.6 Å². The smallest absolute Gasteiger partial charge is 0.329 e. The molecule has 1 aliphatic rings. The van der Waals surface area contributed by atoms with Gasteiger partial charge in [-0.25, -0.2) is 9.59 Å². The van der Waals surface area contributed by atoms with Crippen molar-refractivity contribution < 1.29 is 14.7 Å². The van der Waals surface area contributed by atoms with Crippen molar-refractivity contribution in [3.05, 3.63) is 0 Å². The molecule has 1 atom stereocenters. The molecular formula is C14H26N2O3. The van der Waals surface area contributed by atoms with Crippen LogP contribution in [0.2, 0.25) is 0 Å². The molecule has 1 aliphatic carbocycles. The van der Waals surface area contributed by atoms with Crippen LogP contribution < -0.4 is 5.32 Å². The van der Waals surface area contributed by atoms with E-state index in [1.807, 2.05) is 0 Å². The van der Waals surface area contributed by atoms with E-state index >= 15 is 0 Å². The van der Waals surface area contributed by atoms with Gasteiger partial charge in [-0.05, 0) is 18.8 Å². The maximum absolute atomic E-state index is 12.1. The van der Waals surface area contributed by atoms with Crippen LogP contribution in [0.25, 0.3) is 0 Å². The van der Waals surface area contributed by atoms with E-state index in [1.54, 1.807) is 11.9 Å². The van der Waals surface area contributed by atoms with Crippen molar-refractivity contribution in [2.24, 2.45) is 5.92 Å². The second-order valence-corrected chi connectivity index (χ2v) is 5.77. The molecule has 0 saturated heterocycles. The lowest BCUT2D eigenvalue weighted by Crippen LogP contribution is -2.58. The summed E-state index contributed by atoms with van der Waals surface area (Å²) in [4.78, 5) is 25.2. The molecule has 0 aromatic carbocycles. The lowest BCUT2D eigenvalue weighted by molar-refractivity contribution is -0.145. The molecule has 0 heterocycles. The van der Waals surface area contributed by atoms with Crippen LogP contribution in [0, 0.1) is 5.92 Å². The van der Waals surface area contributed by atoms with E-state index in [2.05, 4.69) is 19.2 Å². The Bertz CT molecular complexity index is 325. The Balaban J connectivity index is 2.63. The Kier molecular flexibility index (Phi) is 5.63. The highest BCUT2D eigenvalue weighted by Crippen LogP contribution is 2.28. The fraction of sp³-hybridized carbons (Fsp3) is 0.857. The fourth-order valence-corrected chi connectivity index (χ4v) is 2.53. The van der Waals surface area contributed by atoms with Crippen LogP contribution in [0.15, 0.2) is 0 Å². The summed E-state index contributed by atoms with van der Waals surface area (Å²) in [5, 5.41) is 12.2. The van der Waals surface area contributed by atoms with Gasteiger partial charge in [0.2, 0.25) is 0 Å². The number of urea groups is 1. The number of hydrogen-bond acceptors (Lipinski definition) is 2. The van der Waals surface area contributed by atoms with Crippen molar-refractivity contribution in [1.82, 2.24) is 10.2 Å². The zero-order valence-electron chi connectivity index (χ0n) is 12.2. The van der Waals surface area contributed by atoms with E-state index in [9.17, 15) is 14.7 Å². The Morgan fingerprint density at radius 1 is 1.32 bits per heavy atom. The summed E-state index contributed by atoms with van der Waals surface area (Å²) in [6.45, 7) is 4.81. The largest absolute Gasteiger partial charge is 0.480 e. The third kappa shape index (κ3) is 4.11. The van der Waals surface area contributed by atoms with Gasteiger partial charge in [0.15, 0.2) is 0 Å². The molecule has 0 bridgehead atoms. The number of carbonyl (C=O) groups is 2. The predicted molar refractivity (Wildman–Crippen MR) is 74.1 cm³/mol. The minimum absolute atomic E-state index is 0.274. The van der Waals surface area contributed by atoms with Gasteiger partial charge in [0.05, 0.1) is 0 Å². The molecule has 0 aromatic rings. The number of nitrogens with zero attached hydrogens (tertiary/aromatic N) is 1. The molecule has 2 N–H and O–H groups in total. The van der Waals surface area contributed by atoms with Crippen molar-refractivity contribution in [3.8, 4) is 0 Å². The average Bonchev–Trinajstić information content (AvgIpc) is 2.39. The molecule has 1 fully saturated rings. The van der Waals surface area contributed by atoms with Gasteiger partial charge < -0.3 is 15.3 Å². The Morgan fingerprint density at radius 3 is 2.37 bits per heavy atom. The van der Waals surface area contributed by atoms with Crippen molar-refractivity contribution in [1.29, 1.82) is 0 Å². The zero-order chi connectivity index (χ0) is 14.5. The summed E-state index contributed by atoms with van der Waals surface area (Å²) >= 11 is 0. The summed E-state index contributed by atoms with van der Waals surface area (Å²) < 4.78 is 0. The predicted octanol–water partition coefficient (Wildman–Crippen LogP) is 2.46. The lowest BCUT2D eigenvalue weighted by atomic mass is 9.82. The third-order valence-electron chi connectivity index (χ3n) is 4.09. The Morgan fingerprint density at radius 2 is 1.89 bits per heavy atom. The van der Waals surface area contributed by atoms with Crippen LogP contribution in [0.5, 0.6) is 0 Å². The molecular weight excluding hydrogens is 244 g/mol. The van der Waals surface area contributed by atoms with Gasteiger partial charge in [-0.1, -0.05) is 39.5 Å². The number of hydrogen-bond donors (Lipinski definition) is 2. The van der Waals surface area contributed by atoms with E-state index < -0.39 is 11.5 Å². The third-order valence-corrected chi connectivity index (χ3v) is 4.09. The van der Waals surface area contributed by atoms with E-state index in [0.29, 0.717) is 25.3 Å².